The van der Waals surface area contributed by atoms with E-state index in [9.17, 15) is 14.7 Å². The van der Waals surface area contributed by atoms with Gasteiger partial charge >= 0.3 is 12.2 Å². The Labute approximate surface area is 220 Å². The van der Waals surface area contributed by atoms with E-state index >= 15 is 0 Å². The predicted molar refractivity (Wildman–Crippen MR) is 146 cm³/mol. The number of carbonyl (C=O) groups is 2. The van der Waals surface area contributed by atoms with E-state index in [1.165, 1.54) is 13.2 Å². The number of methoxy groups -OCH3 is 1. The quantitative estimate of drug-likeness (QED) is 0.250. The molecule has 11 heteroatoms. The third-order valence-corrected chi connectivity index (χ3v) is 6.75. The second-order valence-corrected chi connectivity index (χ2v) is 16.4. The predicted octanol–water partition coefficient (Wildman–Crippen LogP) is 5.72. The van der Waals surface area contributed by atoms with Crippen molar-refractivity contribution in [3.8, 4) is 17.0 Å². The van der Waals surface area contributed by atoms with Gasteiger partial charge in [-0.25, -0.2) is 14.6 Å². The molecular formula is C26H40N4O6Si. The summed E-state index contributed by atoms with van der Waals surface area (Å²) in [6, 6.07) is 5.85. The summed E-state index contributed by atoms with van der Waals surface area (Å²) < 4.78 is 17.7. The highest BCUT2D eigenvalue weighted by atomic mass is 28.3. The normalized spacial score (nSPS) is 12.0. The standard InChI is InChI=1S/C26H40N4O6Si/c1-26(2,3)36-24(32)27-13-9-8-10-23-29-21(17-30(23)18-35-14-15-37(5,6)7)20-12-11-19(16-22(20)31)28-25(33)34-4/h9,11-13,16-17,31H,8,10,14-15,18H2,1-7H3,(H,27,32)(H,28,33). The van der Waals surface area contributed by atoms with E-state index in [4.69, 9.17) is 14.5 Å². The molecule has 0 radical (unpaired) electrons. The number of hydrogen-bond donors (Lipinski definition) is 3. The van der Waals surface area contributed by atoms with Crippen LogP contribution in [0.3, 0.4) is 0 Å². The van der Waals surface area contributed by atoms with Crippen LogP contribution >= 0.6 is 0 Å². The lowest BCUT2D eigenvalue weighted by molar-refractivity contribution is 0.0552. The number of aromatic nitrogens is 2. The number of phenolic OH excluding ortho intramolecular Hbond substituents is 1. The first-order chi connectivity index (χ1) is 17.3. The van der Waals surface area contributed by atoms with Gasteiger partial charge in [0.25, 0.3) is 0 Å². The van der Waals surface area contributed by atoms with Gasteiger partial charge in [-0.1, -0.05) is 25.7 Å². The Morgan fingerprint density at radius 2 is 1.92 bits per heavy atom. The average molecular weight is 533 g/mol. The summed E-state index contributed by atoms with van der Waals surface area (Å²) in [5, 5.41) is 15.7. The van der Waals surface area contributed by atoms with E-state index < -0.39 is 25.9 Å². The van der Waals surface area contributed by atoms with E-state index in [1.807, 2.05) is 16.8 Å². The van der Waals surface area contributed by atoms with E-state index in [0.29, 0.717) is 43.1 Å². The third-order valence-electron chi connectivity index (χ3n) is 5.04. The molecule has 0 spiro atoms. The Hall–Kier alpha value is -3.31. The van der Waals surface area contributed by atoms with Crippen LogP contribution in [0.4, 0.5) is 15.3 Å². The highest BCUT2D eigenvalue weighted by molar-refractivity contribution is 6.76. The van der Waals surface area contributed by atoms with Crippen LogP contribution in [0.2, 0.25) is 25.7 Å². The minimum Gasteiger partial charge on any atom is -0.507 e. The number of aromatic hydroxyl groups is 1. The number of alkyl carbamates (subject to hydrolysis) is 1. The molecule has 1 aromatic carbocycles. The van der Waals surface area contributed by atoms with Crippen molar-refractivity contribution in [3.05, 3.63) is 42.5 Å². The van der Waals surface area contributed by atoms with Crippen LogP contribution in [-0.2, 0) is 27.4 Å². The van der Waals surface area contributed by atoms with E-state index in [-0.39, 0.29) is 5.75 Å². The molecule has 204 valence electrons. The first-order valence-electron chi connectivity index (χ1n) is 12.2. The number of carbonyl (C=O) groups excluding carboxylic acids is 2. The van der Waals surface area contributed by atoms with Crippen LogP contribution in [0, 0.1) is 0 Å². The van der Waals surface area contributed by atoms with Crippen molar-refractivity contribution in [2.45, 2.75) is 71.6 Å². The summed E-state index contributed by atoms with van der Waals surface area (Å²) in [4.78, 5) is 28.0. The number of imidazole rings is 1. The molecule has 10 nitrogen and oxygen atoms in total. The van der Waals surface area contributed by atoms with Gasteiger partial charge in [-0.15, -0.1) is 0 Å². The van der Waals surface area contributed by atoms with Gasteiger partial charge in [0, 0.05) is 50.8 Å². The van der Waals surface area contributed by atoms with Crippen LogP contribution in [0.15, 0.2) is 36.7 Å². The SMILES string of the molecule is COC(=O)Nc1ccc(-c2cn(COCC[Si](C)(C)C)c(CCC=CNC(=O)OC(C)(C)C)n2)c(O)c1. The molecule has 0 saturated carbocycles. The monoisotopic (exact) mass is 532 g/mol. The molecule has 0 atom stereocenters. The summed E-state index contributed by atoms with van der Waals surface area (Å²) in [6.45, 7) is 13.3. The number of hydrogen-bond acceptors (Lipinski definition) is 7. The van der Waals surface area contributed by atoms with Crippen molar-refractivity contribution in [3.63, 3.8) is 0 Å². The molecule has 2 aromatic rings. The number of anilines is 1. The lowest BCUT2D eigenvalue weighted by atomic mass is 10.1. The number of ether oxygens (including phenoxy) is 3. The topological polar surface area (TPSA) is 124 Å². The summed E-state index contributed by atoms with van der Waals surface area (Å²) in [5.74, 6) is 0.757. The Morgan fingerprint density at radius 3 is 2.54 bits per heavy atom. The fourth-order valence-electron chi connectivity index (χ4n) is 3.16. The molecule has 3 N–H and O–H groups in total. The first kappa shape index (κ1) is 29.9. The van der Waals surface area contributed by atoms with Gasteiger partial charge in [-0.2, -0.15) is 0 Å². The highest BCUT2D eigenvalue weighted by Crippen LogP contribution is 2.31. The Balaban J connectivity index is 2.13. The largest absolute Gasteiger partial charge is 0.507 e. The van der Waals surface area contributed by atoms with Crippen LogP contribution < -0.4 is 10.6 Å². The van der Waals surface area contributed by atoms with Gasteiger partial charge in [0.15, 0.2) is 0 Å². The molecular weight excluding hydrogens is 492 g/mol. The molecule has 0 aliphatic carbocycles. The second kappa shape index (κ2) is 13.3. The van der Waals surface area contributed by atoms with Gasteiger partial charge in [-0.05, 0) is 45.4 Å². The average Bonchev–Trinajstić information content (AvgIpc) is 3.17. The molecule has 0 fully saturated rings. The zero-order chi connectivity index (χ0) is 27.6. The summed E-state index contributed by atoms with van der Waals surface area (Å²) in [7, 11) is 0.0558. The van der Waals surface area contributed by atoms with Gasteiger partial charge in [-0.3, -0.25) is 10.6 Å². The van der Waals surface area contributed by atoms with E-state index in [1.54, 1.807) is 39.1 Å². The molecule has 37 heavy (non-hydrogen) atoms. The molecule has 2 rings (SSSR count). The Morgan fingerprint density at radius 1 is 1.19 bits per heavy atom. The Kier molecular flexibility index (Phi) is 10.7. The summed E-state index contributed by atoms with van der Waals surface area (Å²) >= 11 is 0. The molecule has 0 bridgehead atoms. The Bertz CT molecular complexity index is 1090. The van der Waals surface area contributed by atoms with Gasteiger partial charge in [0.2, 0.25) is 0 Å². The molecule has 0 aliphatic heterocycles. The molecule has 1 heterocycles. The maximum absolute atomic E-state index is 11.8. The van der Waals surface area contributed by atoms with E-state index in [2.05, 4.69) is 35.0 Å². The van der Waals surface area contributed by atoms with Crippen molar-refractivity contribution < 1.29 is 28.9 Å². The van der Waals surface area contributed by atoms with Crippen molar-refractivity contribution in [2.75, 3.05) is 19.0 Å². The number of nitrogens with one attached hydrogen (secondary N) is 2. The zero-order valence-corrected chi connectivity index (χ0v) is 23.9. The van der Waals surface area contributed by atoms with E-state index in [0.717, 1.165) is 11.9 Å². The number of amides is 2. The third kappa shape index (κ3) is 11.1. The molecule has 0 aliphatic rings. The minimum absolute atomic E-state index is 0.0220. The lowest BCUT2D eigenvalue weighted by Gasteiger charge is -2.18. The minimum atomic E-state index is -1.21. The van der Waals surface area contributed by atoms with Crippen molar-refractivity contribution in [1.29, 1.82) is 0 Å². The van der Waals surface area contributed by atoms with Crippen LogP contribution in [0.25, 0.3) is 11.3 Å². The van der Waals surface area contributed by atoms with Crippen molar-refractivity contribution in [1.82, 2.24) is 14.9 Å². The second-order valence-electron chi connectivity index (χ2n) is 10.8. The highest BCUT2D eigenvalue weighted by Gasteiger charge is 2.16. The number of allylic oxidation sites excluding steroid dienone is 1. The van der Waals surface area contributed by atoms with Crippen LogP contribution in [0.1, 0.15) is 33.0 Å². The number of benzene rings is 1. The lowest BCUT2D eigenvalue weighted by Crippen LogP contribution is -2.29. The van der Waals surface area contributed by atoms with Gasteiger partial charge in [0.05, 0.1) is 12.8 Å². The van der Waals surface area contributed by atoms with Gasteiger partial charge < -0.3 is 23.9 Å². The molecule has 2 amide bonds. The molecule has 0 saturated heterocycles. The summed E-state index contributed by atoms with van der Waals surface area (Å²) in [5.41, 5.74) is 0.958. The number of nitrogens with zero attached hydrogens (tertiary/aromatic N) is 2. The number of phenols is 1. The first-order valence-corrected chi connectivity index (χ1v) is 15.9. The van der Waals surface area contributed by atoms with Crippen LogP contribution in [0.5, 0.6) is 5.75 Å². The smallest absolute Gasteiger partial charge is 0.411 e. The fourth-order valence-corrected chi connectivity index (χ4v) is 3.92. The van der Waals surface area contributed by atoms with Crippen LogP contribution in [-0.4, -0.2) is 54.2 Å². The fraction of sp³-hybridized carbons (Fsp3) is 0.500. The molecule has 0 unspecified atom stereocenters. The number of rotatable bonds is 11. The van der Waals surface area contributed by atoms with Crippen molar-refractivity contribution >= 4 is 25.9 Å². The maximum atomic E-state index is 11.8. The maximum Gasteiger partial charge on any atom is 0.411 e. The van der Waals surface area contributed by atoms with Gasteiger partial charge in [0.1, 0.15) is 23.9 Å². The van der Waals surface area contributed by atoms with Crippen molar-refractivity contribution in [2.24, 2.45) is 0 Å². The molecule has 1 aromatic heterocycles. The summed E-state index contributed by atoms with van der Waals surface area (Å²) in [6.07, 6.45) is 5.31. The zero-order valence-electron chi connectivity index (χ0n) is 22.9. The number of aryl methyl sites for hydroxylation is 1.